The van der Waals surface area contributed by atoms with Gasteiger partial charge in [0, 0.05) is 19.0 Å². The summed E-state index contributed by atoms with van der Waals surface area (Å²) < 4.78 is 11.1. The van der Waals surface area contributed by atoms with E-state index in [0.717, 1.165) is 18.8 Å². The second-order valence-corrected chi connectivity index (χ2v) is 7.15. The Morgan fingerprint density at radius 1 is 1.23 bits per heavy atom. The number of amides is 1. The van der Waals surface area contributed by atoms with Crippen molar-refractivity contribution in [2.45, 2.75) is 71.4 Å². The van der Waals surface area contributed by atoms with Crippen LogP contribution in [0.15, 0.2) is 0 Å². The highest BCUT2D eigenvalue weighted by atomic mass is 16.6. The molecule has 4 nitrogen and oxygen atoms in total. The fourth-order valence-electron chi connectivity index (χ4n) is 2.69. The van der Waals surface area contributed by atoms with Crippen molar-refractivity contribution in [1.82, 2.24) is 4.90 Å². The zero-order valence-corrected chi connectivity index (χ0v) is 14.6. The van der Waals surface area contributed by atoms with E-state index in [1.165, 1.54) is 12.8 Å². The first kappa shape index (κ1) is 18.8. The number of ether oxygens (including phenoxy) is 2. The molecule has 0 unspecified atom stereocenters. The van der Waals surface area contributed by atoms with Crippen LogP contribution in [0, 0.1) is 18.3 Å². The highest BCUT2D eigenvalue weighted by molar-refractivity contribution is 5.68. The van der Waals surface area contributed by atoms with Gasteiger partial charge >= 0.3 is 6.09 Å². The Hall–Kier alpha value is -1.21. The lowest BCUT2D eigenvalue weighted by atomic mass is 9.87. The Morgan fingerprint density at radius 3 is 2.41 bits per heavy atom. The van der Waals surface area contributed by atoms with E-state index in [1.807, 2.05) is 25.7 Å². The van der Waals surface area contributed by atoms with Crippen LogP contribution in [0.25, 0.3) is 0 Å². The van der Waals surface area contributed by atoms with E-state index < -0.39 is 5.60 Å². The lowest BCUT2D eigenvalue weighted by Gasteiger charge is -2.37. The number of nitrogens with zero attached hydrogens (tertiary/aromatic N) is 1. The molecule has 0 saturated heterocycles. The van der Waals surface area contributed by atoms with E-state index in [9.17, 15) is 4.79 Å². The summed E-state index contributed by atoms with van der Waals surface area (Å²) in [6, 6.07) is 0.266. The molecule has 1 aliphatic carbocycles. The largest absolute Gasteiger partial charge is 0.444 e. The first-order valence-corrected chi connectivity index (χ1v) is 8.34. The second kappa shape index (κ2) is 9.05. The topological polar surface area (TPSA) is 38.8 Å². The lowest BCUT2D eigenvalue weighted by molar-refractivity contribution is 0.00205. The summed E-state index contributed by atoms with van der Waals surface area (Å²) in [5, 5.41) is 0. The summed E-state index contributed by atoms with van der Waals surface area (Å²) in [6.45, 7) is 9.59. The van der Waals surface area contributed by atoms with Gasteiger partial charge in [0.05, 0.1) is 13.2 Å². The van der Waals surface area contributed by atoms with Gasteiger partial charge in [0.1, 0.15) is 5.60 Å². The molecule has 0 aromatic rings. The molecule has 22 heavy (non-hydrogen) atoms. The van der Waals surface area contributed by atoms with E-state index in [-0.39, 0.29) is 12.1 Å². The second-order valence-electron chi connectivity index (χ2n) is 7.15. The van der Waals surface area contributed by atoms with Crippen molar-refractivity contribution in [3.05, 3.63) is 0 Å². The van der Waals surface area contributed by atoms with Crippen molar-refractivity contribution in [2.75, 3.05) is 19.8 Å². The van der Waals surface area contributed by atoms with E-state index in [1.54, 1.807) is 0 Å². The first-order valence-electron chi connectivity index (χ1n) is 8.34. The standard InChI is InChI=1S/C18H31NO3/c1-6-7-13-21-14-12-19(17(20)22-18(3,4)5)16-10-8-15(2)9-11-16/h1,15-16H,7-14H2,2-5H3/t15-,16+. The van der Waals surface area contributed by atoms with E-state index >= 15 is 0 Å². The quantitative estimate of drug-likeness (QED) is 0.553. The SMILES string of the molecule is C#CCCOCCN(C(=O)OC(C)(C)C)[C@H]1CC[C@@H](C)CC1. The molecule has 0 heterocycles. The summed E-state index contributed by atoms with van der Waals surface area (Å²) in [6.07, 6.45) is 10.0. The molecule has 0 aromatic carbocycles. The van der Waals surface area contributed by atoms with Gasteiger partial charge in [0.2, 0.25) is 0 Å². The summed E-state index contributed by atoms with van der Waals surface area (Å²) in [7, 11) is 0. The highest BCUT2D eigenvalue weighted by Gasteiger charge is 2.30. The maximum atomic E-state index is 12.5. The fourth-order valence-corrected chi connectivity index (χ4v) is 2.69. The molecule has 0 atom stereocenters. The van der Waals surface area contributed by atoms with Gasteiger partial charge in [-0.3, -0.25) is 0 Å². The molecule has 4 heteroatoms. The van der Waals surface area contributed by atoms with Crippen LogP contribution in [-0.4, -0.2) is 42.4 Å². The van der Waals surface area contributed by atoms with Crippen molar-refractivity contribution >= 4 is 6.09 Å². The van der Waals surface area contributed by atoms with Crippen molar-refractivity contribution in [3.63, 3.8) is 0 Å². The summed E-state index contributed by atoms with van der Waals surface area (Å²) >= 11 is 0. The molecule has 1 saturated carbocycles. The third-order valence-corrected chi connectivity index (χ3v) is 3.92. The molecule has 0 N–H and O–H groups in total. The number of hydrogen-bond donors (Lipinski definition) is 0. The van der Waals surface area contributed by atoms with Crippen molar-refractivity contribution < 1.29 is 14.3 Å². The normalized spacial score (nSPS) is 22.0. The number of terminal acetylenes is 1. The monoisotopic (exact) mass is 309 g/mol. The third-order valence-electron chi connectivity index (χ3n) is 3.92. The van der Waals surface area contributed by atoms with Gasteiger partial charge in [0.25, 0.3) is 0 Å². The maximum absolute atomic E-state index is 12.5. The van der Waals surface area contributed by atoms with Gasteiger partial charge < -0.3 is 14.4 Å². The van der Waals surface area contributed by atoms with Crippen molar-refractivity contribution in [2.24, 2.45) is 5.92 Å². The zero-order valence-electron chi connectivity index (χ0n) is 14.6. The Kier molecular flexibility index (Phi) is 7.75. The first-order chi connectivity index (χ1) is 10.3. The number of rotatable bonds is 6. The van der Waals surface area contributed by atoms with E-state index in [2.05, 4.69) is 12.8 Å². The minimum absolute atomic E-state index is 0.229. The number of carbonyl (C=O) groups is 1. The van der Waals surface area contributed by atoms with Crippen LogP contribution in [0.1, 0.15) is 59.8 Å². The highest BCUT2D eigenvalue weighted by Crippen LogP contribution is 2.28. The molecular formula is C18H31NO3. The average molecular weight is 309 g/mol. The molecule has 126 valence electrons. The molecule has 1 rings (SSSR count). The minimum atomic E-state index is -0.471. The summed E-state index contributed by atoms with van der Waals surface area (Å²) in [4.78, 5) is 14.3. The minimum Gasteiger partial charge on any atom is -0.444 e. The van der Waals surface area contributed by atoms with Crippen molar-refractivity contribution in [1.29, 1.82) is 0 Å². The van der Waals surface area contributed by atoms with Gasteiger partial charge in [-0.25, -0.2) is 4.79 Å². The predicted molar refractivity (Wildman–Crippen MR) is 88.6 cm³/mol. The molecule has 0 aliphatic heterocycles. The molecule has 0 radical (unpaired) electrons. The number of hydrogen-bond acceptors (Lipinski definition) is 3. The molecule has 1 fully saturated rings. The Balaban J connectivity index is 2.56. The molecule has 0 aromatic heterocycles. The zero-order chi connectivity index (χ0) is 16.6. The number of carbonyl (C=O) groups excluding carboxylic acids is 1. The Labute approximate surface area is 135 Å². The van der Waals surface area contributed by atoms with Crippen LogP contribution < -0.4 is 0 Å². The molecule has 1 aliphatic rings. The van der Waals surface area contributed by atoms with Crippen LogP contribution in [0.2, 0.25) is 0 Å². The van der Waals surface area contributed by atoms with Crippen molar-refractivity contribution in [3.8, 4) is 12.3 Å². The van der Waals surface area contributed by atoms with Crippen LogP contribution in [0.5, 0.6) is 0 Å². The van der Waals surface area contributed by atoms with Crippen LogP contribution in [0.4, 0.5) is 4.79 Å². The average Bonchev–Trinajstić information content (AvgIpc) is 2.42. The smallest absolute Gasteiger partial charge is 0.410 e. The predicted octanol–water partition coefficient (Wildman–Crippen LogP) is 3.84. The van der Waals surface area contributed by atoms with Crippen LogP contribution >= 0.6 is 0 Å². The van der Waals surface area contributed by atoms with Gasteiger partial charge in [-0.2, -0.15) is 0 Å². The Bertz CT molecular complexity index is 373. The van der Waals surface area contributed by atoms with Gasteiger partial charge in [0.15, 0.2) is 0 Å². The van der Waals surface area contributed by atoms with Gasteiger partial charge in [-0.05, 0) is 52.4 Å². The molecular weight excluding hydrogens is 278 g/mol. The van der Waals surface area contributed by atoms with E-state index in [0.29, 0.717) is 26.2 Å². The lowest BCUT2D eigenvalue weighted by Crippen LogP contribution is -2.46. The molecule has 1 amide bonds. The molecule has 0 spiro atoms. The summed E-state index contributed by atoms with van der Waals surface area (Å²) in [5.74, 6) is 3.30. The summed E-state index contributed by atoms with van der Waals surface area (Å²) in [5.41, 5.74) is -0.471. The molecule has 0 bridgehead atoms. The van der Waals surface area contributed by atoms with Gasteiger partial charge in [-0.1, -0.05) is 6.92 Å². The van der Waals surface area contributed by atoms with E-state index in [4.69, 9.17) is 15.9 Å². The fraction of sp³-hybridized carbons (Fsp3) is 0.833. The third kappa shape index (κ3) is 7.17. The Morgan fingerprint density at radius 2 is 1.86 bits per heavy atom. The maximum Gasteiger partial charge on any atom is 0.410 e. The van der Waals surface area contributed by atoms with Gasteiger partial charge in [-0.15, -0.1) is 12.3 Å². The van der Waals surface area contributed by atoms with Crippen LogP contribution in [0.3, 0.4) is 0 Å². The van der Waals surface area contributed by atoms with Crippen LogP contribution in [-0.2, 0) is 9.47 Å².